The molecule has 11 heavy (non-hydrogen) atoms. The van der Waals surface area contributed by atoms with E-state index >= 15 is 0 Å². The van der Waals surface area contributed by atoms with E-state index in [0.717, 1.165) is 6.04 Å². The van der Waals surface area contributed by atoms with Crippen LogP contribution in [-0.4, -0.2) is 35.5 Å². The van der Waals surface area contributed by atoms with E-state index in [1.54, 1.807) is 0 Å². The van der Waals surface area contributed by atoms with Gasteiger partial charge in [0, 0.05) is 6.04 Å². The van der Waals surface area contributed by atoms with Gasteiger partial charge in [0.2, 0.25) is 0 Å². The van der Waals surface area contributed by atoms with Gasteiger partial charge in [-0.1, -0.05) is 0 Å². The lowest BCUT2D eigenvalue weighted by molar-refractivity contribution is 0.230. The first-order valence-corrected chi connectivity index (χ1v) is 5.94. The molecule has 1 nitrogen and oxygen atoms in total. The molecule has 0 aliphatic carbocycles. The van der Waals surface area contributed by atoms with Gasteiger partial charge in [-0.15, -0.1) is 0 Å². The van der Waals surface area contributed by atoms with Crippen molar-refractivity contribution in [2.45, 2.75) is 31.7 Å². The fraction of sp³-hybridized carbons (Fsp3) is 1.00. The molecular formula is C9H17NS. The smallest absolute Gasteiger partial charge is 0.0111 e. The summed E-state index contributed by atoms with van der Waals surface area (Å²) in [6.45, 7) is 2.77. The number of hydrogen-bond acceptors (Lipinski definition) is 2. The molecule has 0 amide bonds. The van der Waals surface area contributed by atoms with Gasteiger partial charge in [-0.2, -0.15) is 11.8 Å². The molecule has 0 spiro atoms. The number of thioether (sulfide) groups is 1. The van der Waals surface area contributed by atoms with Crippen molar-refractivity contribution in [3.8, 4) is 0 Å². The Kier molecular flexibility index (Phi) is 2.75. The average molecular weight is 171 g/mol. The number of likely N-dealkylation sites (tertiary alicyclic amines) is 1. The van der Waals surface area contributed by atoms with Crippen molar-refractivity contribution in [3.05, 3.63) is 0 Å². The number of hydrogen-bond donors (Lipinski definition) is 0. The molecule has 2 aliphatic heterocycles. The highest BCUT2D eigenvalue weighted by Gasteiger charge is 2.23. The van der Waals surface area contributed by atoms with Crippen LogP contribution in [0.5, 0.6) is 0 Å². The van der Waals surface area contributed by atoms with E-state index in [1.165, 1.54) is 50.3 Å². The molecule has 2 fully saturated rings. The van der Waals surface area contributed by atoms with Crippen LogP contribution in [0.3, 0.4) is 0 Å². The maximum atomic E-state index is 2.71. The molecule has 2 saturated heterocycles. The van der Waals surface area contributed by atoms with Crippen molar-refractivity contribution in [3.63, 3.8) is 0 Å². The molecule has 0 aromatic carbocycles. The maximum absolute atomic E-state index is 2.71. The van der Waals surface area contributed by atoms with E-state index in [2.05, 4.69) is 16.7 Å². The third kappa shape index (κ3) is 1.91. The molecule has 0 atom stereocenters. The van der Waals surface area contributed by atoms with E-state index in [9.17, 15) is 0 Å². The normalized spacial score (nSPS) is 29.5. The van der Waals surface area contributed by atoms with Crippen molar-refractivity contribution in [2.24, 2.45) is 0 Å². The van der Waals surface area contributed by atoms with Crippen LogP contribution in [0.4, 0.5) is 0 Å². The van der Waals surface area contributed by atoms with Crippen LogP contribution in [0.2, 0.25) is 0 Å². The fourth-order valence-corrected chi connectivity index (χ4v) is 3.24. The lowest BCUT2D eigenvalue weighted by Crippen LogP contribution is -2.35. The first kappa shape index (κ1) is 7.93. The second-order valence-electron chi connectivity index (χ2n) is 3.59. The Labute approximate surface area is 73.5 Å². The Hall–Kier alpha value is 0.310. The summed E-state index contributed by atoms with van der Waals surface area (Å²) < 4.78 is 0. The predicted octanol–water partition coefficient (Wildman–Crippen LogP) is 1.98. The van der Waals surface area contributed by atoms with E-state index in [-0.39, 0.29) is 0 Å². The van der Waals surface area contributed by atoms with Crippen LogP contribution >= 0.6 is 11.8 Å². The van der Waals surface area contributed by atoms with Gasteiger partial charge < -0.3 is 4.90 Å². The third-order valence-corrected chi connectivity index (χ3v) is 3.90. The molecule has 0 aromatic rings. The van der Waals surface area contributed by atoms with Crippen molar-refractivity contribution in [1.82, 2.24) is 4.90 Å². The highest BCUT2D eigenvalue weighted by atomic mass is 32.2. The first-order valence-electron chi connectivity index (χ1n) is 4.78. The molecule has 0 unspecified atom stereocenters. The Balaban J connectivity index is 1.82. The minimum Gasteiger partial charge on any atom is -0.300 e. The van der Waals surface area contributed by atoms with Crippen molar-refractivity contribution in [2.75, 3.05) is 24.6 Å². The fourth-order valence-electron chi connectivity index (χ4n) is 2.16. The predicted molar refractivity (Wildman–Crippen MR) is 51.2 cm³/mol. The second kappa shape index (κ2) is 3.81. The minimum absolute atomic E-state index is 0.957. The van der Waals surface area contributed by atoms with E-state index in [0.29, 0.717) is 0 Å². The average Bonchev–Trinajstić information content (AvgIpc) is 2.58. The molecule has 2 aliphatic rings. The lowest BCUT2D eigenvalue weighted by Gasteiger charge is -2.30. The summed E-state index contributed by atoms with van der Waals surface area (Å²) in [5, 5.41) is 0. The van der Waals surface area contributed by atoms with Crippen LogP contribution in [0, 0.1) is 0 Å². The highest BCUT2D eigenvalue weighted by molar-refractivity contribution is 7.99. The number of rotatable bonds is 1. The zero-order valence-electron chi connectivity index (χ0n) is 7.09. The lowest BCUT2D eigenvalue weighted by atomic mass is 10.1. The van der Waals surface area contributed by atoms with Crippen LogP contribution in [0.25, 0.3) is 0 Å². The monoisotopic (exact) mass is 171 g/mol. The topological polar surface area (TPSA) is 3.24 Å². The summed E-state index contributed by atoms with van der Waals surface area (Å²) in [5.74, 6) is 2.81. The molecule has 2 heterocycles. The zero-order chi connectivity index (χ0) is 7.52. The van der Waals surface area contributed by atoms with E-state index in [1.807, 2.05) is 0 Å². The first-order chi connectivity index (χ1) is 5.47. The van der Waals surface area contributed by atoms with Gasteiger partial charge in [0.15, 0.2) is 0 Å². The Morgan fingerprint density at radius 1 is 1.00 bits per heavy atom. The summed E-state index contributed by atoms with van der Waals surface area (Å²) in [4.78, 5) is 2.71. The Morgan fingerprint density at radius 3 is 2.27 bits per heavy atom. The molecule has 0 radical (unpaired) electrons. The van der Waals surface area contributed by atoms with Gasteiger partial charge in [0.25, 0.3) is 0 Å². The van der Waals surface area contributed by atoms with Crippen molar-refractivity contribution in [1.29, 1.82) is 0 Å². The van der Waals surface area contributed by atoms with Crippen LogP contribution in [-0.2, 0) is 0 Å². The van der Waals surface area contributed by atoms with Gasteiger partial charge in [0.1, 0.15) is 0 Å². The Bertz CT molecular complexity index is 115. The number of nitrogens with zero attached hydrogens (tertiary/aromatic N) is 1. The van der Waals surface area contributed by atoms with Gasteiger partial charge in [-0.05, 0) is 50.3 Å². The summed E-state index contributed by atoms with van der Waals surface area (Å²) in [6, 6.07) is 0.957. The quantitative estimate of drug-likeness (QED) is 0.593. The van der Waals surface area contributed by atoms with Gasteiger partial charge >= 0.3 is 0 Å². The largest absolute Gasteiger partial charge is 0.300 e. The minimum atomic E-state index is 0.957. The van der Waals surface area contributed by atoms with Crippen LogP contribution in [0.1, 0.15) is 25.7 Å². The molecule has 2 rings (SSSR count). The van der Waals surface area contributed by atoms with Crippen molar-refractivity contribution < 1.29 is 0 Å². The van der Waals surface area contributed by atoms with Crippen molar-refractivity contribution >= 4 is 11.8 Å². The molecule has 0 N–H and O–H groups in total. The summed E-state index contributed by atoms with van der Waals surface area (Å²) in [6.07, 6.45) is 5.79. The SMILES string of the molecule is C1CCN(C2CCSCC2)C1. The highest BCUT2D eigenvalue weighted by Crippen LogP contribution is 2.24. The Morgan fingerprint density at radius 2 is 1.64 bits per heavy atom. The standard InChI is InChI=1S/C9H17NS/c1-2-6-10(5-1)9-3-7-11-8-4-9/h9H,1-8H2. The molecule has 0 bridgehead atoms. The maximum Gasteiger partial charge on any atom is 0.0111 e. The molecule has 0 aromatic heterocycles. The summed E-state index contributed by atoms with van der Waals surface area (Å²) in [5.41, 5.74) is 0. The molecular weight excluding hydrogens is 154 g/mol. The third-order valence-electron chi connectivity index (χ3n) is 2.85. The van der Waals surface area contributed by atoms with Crippen LogP contribution < -0.4 is 0 Å². The van der Waals surface area contributed by atoms with Gasteiger partial charge in [0.05, 0.1) is 0 Å². The molecule has 64 valence electrons. The van der Waals surface area contributed by atoms with E-state index < -0.39 is 0 Å². The molecule has 0 saturated carbocycles. The van der Waals surface area contributed by atoms with E-state index in [4.69, 9.17) is 0 Å². The second-order valence-corrected chi connectivity index (χ2v) is 4.81. The summed E-state index contributed by atoms with van der Waals surface area (Å²) >= 11 is 2.13. The summed E-state index contributed by atoms with van der Waals surface area (Å²) in [7, 11) is 0. The molecule has 2 heteroatoms. The van der Waals surface area contributed by atoms with Crippen LogP contribution in [0.15, 0.2) is 0 Å². The van der Waals surface area contributed by atoms with Gasteiger partial charge in [-0.25, -0.2) is 0 Å². The zero-order valence-corrected chi connectivity index (χ0v) is 7.91. The van der Waals surface area contributed by atoms with Gasteiger partial charge in [-0.3, -0.25) is 0 Å².